The van der Waals surface area contributed by atoms with E-state index in [0.29, 0.717) is 0 Å². The molecule has 0 atom stereocenters. The predicted octanol–water partition coefficient (Wildman–Crippen LogP) is 0.721. The smallest absolute Gasteiger partial charge is 0.321 e. The zero-order valence-corrected chi connectivity index (χ0v) is 14.7. The third-order valence-corrected chi connectivity index (χ3v) is 3.48. The molecule has 0 fully saturated rings. The molecule has 0 spiro atoms. The second kappa shape index (κ2) is 7.26. The van der Waals surface area contributed by atoms with Crippen molar-refractivity contribution in [2.45, 2.75) is 6.92 Å². The van der Waals surface area contributed by atoms with Gasteiger partial charge >= 0.3 is 11.7 Å². The number of ether oxygens (including phenoxy) is 1. The fourth-order valence-corrected chi connectivity index (χ4v) is 2.54. The highest BCUT2D eigenvalue weighted by molar-refractivity contribution is 7.92. The number of nitro groups is 1. The summed E-state index contributed by atoms with van der Waals surface area (Å²) in [6, 6.07) is 3.60. The number of nitro benzene ring substituents is 1. The first kappa shape index (κ1) is 19.0. The zero-order valence-electron chi connectivity index (χ0n) is 13.9. The number of carbonyl (C=O) groups excluding carboxylic acids is 1. The summed E-state index contributed by atoms with van der Waals surface area (Å²) in [4.78, 5) is 34.5. The Morgan fingerprint density at radius 3 is 2.54 bits per heavy atom. The van der Waals surface area contributed by atoms with Crippen LogP contribution in [0.4, 0.5) is 17.3 Å². The Balaban J connectivity index is 2.44. The van der Waals surface area contributed by atoms with Crippen LogP contribution in [0.5, 0.6) is 6.01 Å². The highest BCUT2D eigenvalue weighted by Gasteiger charge is 2.26. The molecule has 138 valence electrons. The Kier molecular flexibility index (Phi) is 5.30. The highest BCUT2D eigenvalue weighted by Crippen LogP contribution is 2.29. The maximum absolute atomic E-state index is 12.4. The van der Waals surface area contributed by atoms with Crippen LogP contribution in [0.1, 0.15) is 16.2 Å². The van der Waals surface area contributed by atoms with Gasteiger partial charge in [0.15, 0.2) is 0 Å². The van der Waals surface area contributed by atoms with Gasteiger partial charge in [-0.1, -0.05) is 6.07 Å². The first-order chi connectivity index (χ1) is 12.1. The normalized spacial score (nSPS) is 10.9. The number of hydrogen-bond donors (Lipinski definition) is 2. The molecule has 0 saturated carbocycles. The molecule has 2 rings (SSSR count). The van der Waals surface area contributed by atoms with Gasteiger partial charge in [0, 0.05) is 0 Å². The average molecular weight is 382 g/mol. The van der Waals surface area contributed by atoms with Crippen molar-refractivity contribution in [3.63, 3.8) is 0 Å². The van der Waals surface area contributed by atoms with E-state index in [9.17, 15) is 23.3 Å². The number of nitrogens with one attached hydrogen (secondary N) is 2. The second-order valence-corrected chi connectivity index (χ2v) is 6.73. The summed E-state index contributed by atoms with van der Waals surface area (Å²) in [5.41, 5.74) is -1.41. The van der Waals surface area contributed by atoms with E-state index < -0.39 is 26.5 Å². The molecular formula is C13H14N6O6S. The van der Waals surface area contributed by atoms with E-state index in [1.807, 2.05) is 4.72 Å². The molecule has 1 amide bonds. The van der Waals surface area contributed by atoms with Crippen LogP contribution in [-0.2, 0) is 10.0 Å². The summed E-state index contributed by atoms with van der Waals surface area (Å²) in [5, 5.41) is 13.7. The summed E-state index contributed by atoms with van der Waals surface area (Å²) in [7, 11) is -2.46. The van der Waals surface area contributed by atoms with Crippen molar-refractivity contribution < 1.29 is 22.9 Å². The van der Waals surface area contributed by atoms with Gasteiger partial charge in [-0.15, -0.1) is 0 Å². The van der Waals surface area contributed by atoms with E-state index in [2.05, 4.69) is 20.3 Å². The lowest BCUT2D eigenvalue weighted by Crippen LogP contribution is -2.18. The highest BCUT2D eigenvalue weighted by atomic mass is 32.2. The van der Waals surface area contributed by atoms with E-state index >= 15 is 0 Å². The van der Waals surface area contributed by atoms with Crippen LogP contribution in [-0.4, -0.2) is 47.6 Å². The van der Waals surface area contributed by atoms with Gasteiger partial charge in [0.25, 0.3) is 5.91 Å². The maximum Gasteiger partial charge on any atom is 0.321 e. The molecule has 0 unspecified atom stereocenters. The van der Waals surface area contributed by atoms with Crippen LogP contribution < -0.4 is 14.8 Å². The molecule has 0 aliphatic heterocycles. The van der Waals surface area contributed by atoms with Crippen LogP contribution in [0.25, 0.3) is 0 Å². The van der Waals surface area contributed by atoms with E-state index in [-0.39, 0.29) is 29.0 Å². The topological polar surface area (TPSA) is 166 Å². The number of anilines is 2. The Morgan fingerprint density at radius 1 is 1.27 bits per heavy atom. The van der Waals surface area contributed by atoms with Crippen LogP contribution >= 0.6 is 0 Å². The van der Waals surface area contributed by atoms with Gasteiger partial charge in [0.1, 0.15) is 17.1 Å². The zero-order chi connectivity index (χ0) is 19.5. The molecule has 0 aliphatic rings. The molecular weight excluding hydrogens is 368 g/mol. The maximum atomic E-state index is 12.4. The fraction of sp³-hybridized carbons (Fsp3) is 0.231. The molecule has 0 saturated heterocycles. The van der Waals surface area contributed by atoms with Crippen molar-refractivity contribution in [2.24, 2.45) is 0 Å². The molecule has 2 aromatic rings. The third kappa shape index (κ3) is 4.60. The lowest BCUT2D eigenvalue weighted by Gasteiger charge is -2.09. The standard InChI is InChI=1S/C13H14N6O6S/c1-7-14-12(17-13(15-7)25-2)16-11(20)8-5-4-6-9(10(8)19(21)22)18-26(3,23)24/h4-6,18H,1-3H3,(H,14,15,16,17,20). The number of amides is 1. The van der Waals surface area contributed by atoms with E-state index in [0.717, 1.165) is 6.26 Å². The van der Waals surface area contributed by atoms with Crippen LogP contribution in [0.15, 0.2) is 18.2 Å². The van der Waals surface area contributed by atoms with Gasteiger partial charge in [-0.05, 0) is 19.1 Å². The Labute approximate surface area is 147 Å². The van der Waals surface area contributed by atoms with Crippen molar-refractivity contribution in [1.82, 2.24) is 15.0 Å². The summed E-state index contributed by atoms with van der Waals surface area (Å²) < 4.78 is 29.6. The fourth-order valence-electron chi connectivity index (χ4n) is 1.98. The van der Waals surface area contributed by atoms with E-state index in [1.54, 1.807) is 6.92 Å². The van der Waals surface area contributed by atoms with Crippen molar-refractivity contribution in [2.75, 3.05) is 23.4 Å². The van der Waals surface area contributed by atoms with Crippen LogP contribution in [0, 0.1) is 17.0 Å². The molecule has 0 radical (unpaired) electrons. The first-order valence-electron chi connectivity index (χ1n) is 6.94. The Hall–Kier alpha value is -3.35. The van der Waals surface area contributed by atoms with E-state index in [1.165, 1.54) is 25.3 Å². The minimum Gasteiger partial charge on any atom is -0.467 e. The Bertz CT molecular complexity index is 977. The predicted molar refractivity (Wildman–Crippen MR) is 90.6 cm³/mol. The summed E-state index contributed by atoms with van der Waals surface area (Å²) in [5.74, 6) is -0.814. The van der Waals surface area contributed by atoms with Gasteiger partial charge in [-0.3, -0.25) is 24.9 Å². The molecule has 2 N–H and O–H groups in total. The molecule has 0 aliphatic carbocycles. The molecule has 1 aromatic carbocycles. The van der Waals surface area contributed by atoms with Crippen molar-refractivity contribution >= 4 is 33.3 Å². The van der Waals surface area contributed by atoms with Gasteiger partial charge in [-0.25, -0.2) is 8.42 Å². The summed E-state index contributed by atoms with van der Waals surface area (Å²) >= 11 is 0. The molecule has 0 bridgehead atoms. The number of sulfonamides is 1. The summed E-state index contributed by atoms with van der Waals surface area (Å²) in [6.07, 6.45) is 0.837. The van der Waals surface area contributed by atoms with Crippen molar-refractivity contribution in [1.29, 1.82) is 0 Å². The number of para-hydroxylation sites is 1. The monoisotopic (exact) mass is 382 g/mol. The van der Waals surface area contributed by atoms with Gasteiger partial charge < -0.3 is 4.74 Å². The van der Waals surface area contributed by atoms with Gasteiger partial charge in [0.05, 0.1) is 18.3 Å². The number of nitrogens with zero attached hydrogens (tertiary/aromatic N) is 4. The number of rotatable bonds is 6. The second-order valence-electron chi connectivity index (χ2n) is 4.98. The van der Waals surface area contributed by atoms with Gasteiger partial charge in [-0.2, -0.15) is 15.0 Å². The average Bonchev–Trinajstić information content (AvgIpc) is 2.52. The number of hydrogen-bond acceptors (Lipinski definition) is 9. The van der Waals surface area contributed by atoms with Crippen LogP contribution in [0.3, 0.4) is 0 Å². The first-order valence-corrected chi connectivity index (χ1v) is 8.83. The quantitative estimate of drug-likeness (QED) is 0.540. The number of aromatic nitrogens is 3. The minimum atomic E-state index is -3.78. The third-order valence-electron chi connectivity index (χ3n) is 2.89. The number of benzene rings is 1. The molecule has 12 nitrogen and oxygen atoms in total. The molecule has 26 heavy (non-hydrogen) atoms. The van der Waals surface area contributed by atoms with Crippen molar-refractivity contribution in [3.8, 4) is 6.01 Å². The Morgan fingerprint density at radius 2 is 1.96 bits per heavy atom. The number of carbonyl (C=O) groups is 1. The summed E-state index contributed by atoms with van der Waals surface area (Å²) in [6.45, 7) is 1.54. The minimum absolute atomic E-state index is 0.0465. The van der Waals surface area contributed by atoms with Gasteiger partial charge in [0.2, 0.25) is 16.0 Å². The molecule has 13 heteroatoms. The number of methoxy groups -OCH3 is 1. The van der Waals surface area contributed by atoms with E-state index in [4.69, 9.17) is 4.74 Å². The largest absolute Gasteiger partial charge is 0.467 e. The van der Waals surface area contributed by atoms with Crippen LogP contribution in [0.2, 0.25) is 0 Å². The molecule has 1 heterocycles. The lowest BCUT2D eigenvalue weighted by molar-refractivity contribution is -0.384. The van der Waals surface area contributed by atoms with Crippen molar-refractivity contribution in [3.05, 3.63) is 39.7 Å². The molecule has 1 aromatic heterocycles. The lowest BCUT2D eigenvalue weighted by atomic mass is 10.1. The number of aryl methyl sites for hydroxylation is 1. The SMILES string of the molecule is COc1nc(C)nc(NC(=O)c2cccc(NS(C)(=O)=O)c2[N+](=O)[O-])n1.